The monoisotopic (exact) mass is 373 g/mol. The van der Waals surface area contributed by atoms with E-state index < -0.39 is 0 Å². The fourth-order valence-electron chi connectivity index (χ4n) is 3.90. The van der Waals surface area contributed by atoms with E-state index in [-0.39, 0.29) is 11.9 Å². The third-order valence-corrected chi connectivity index (χ3v) is 5.45. The van der Waals surface area contributed by atoms with E-state index in [2.05, 4.69) is 28.4 Å². The molecule has 0 saturated carbocycles. The van der Waals surface area contributed by atoms with Crippen molar-refractivity contribution in [3.8, 4) is 0 Å². The Morgan fingerprint density at radius 1 is 1.19 bits per heavy atom. The van der Waals surface area contributed by atoms with Crippen LogP contribution >= 0.6 is 0 Å². The second-order valence-electron chi connectivity index (χ2n) is 7.59. The van der Waals surface area contributed by atoms with Gasteiger partial charge in [0.1, 0.15) is 17.7 Å². The number of methoxy groups -OCH3 is 1. The second kappa shape index (κ2) is 8.69. The molecule has 2 aromatic heterocycles. The smallest absolute Gasteiger partial charge is 0.245 e. The van der Waals surface area contributed by atoms with E-state index in [4.69, 9.17) is 4.74 Å². The van der Waals surface area contributed by atoms with Gasteiger partial charge in [0.25, 0.3) is 0 Å². The van der Waals surface area contributed by atoms with Crippen LogP contribution in [0.4, 0.5) is 0 Å². The Morgan fingerprint density at radius 3 is 2.56 bits per heavy atom. The van der Waals surface area contributed by atoms with Crippen molar-refractivity contribution in [1.29, 1.82) is 0 Å². The first kappa shape index (κ1) is 19.6. The highest BCUT2D eigenvalue weighted by Gasteiger charge is 2.30. The Hall–Kier alpha value is -2.15. The highest BCUT2D eigenvalue weighted by Crippen LogP contribution is 2.28. The molecule has 7 nitrogen and oxygen atoms in total. The zero-order valence-electron chi connectivity index (χ0n) is 16.8. The van der Waals surface area contributed by atoms with Crippen molar-refractivity contribution >= 4 is 5.91 Å². The van der Waals surface area contributed by atoms with E-state index in [1.165, 1.54) is 0 Å². The molecule has 1 aliphatic rings. The Kier molecular flexibility index (Phi) is 6.31. The van der Waals surface area contributed by atoms with Crippen LogP contribution in [-0.4, -0.2) is 56.7 Å². The third kappa shape index (κ3) is 4.24. The summed E-state index contributed by atoms with van der Waals surface area (Å²) in [6.45, 7) is 9.23. The number of hydrogen-bond donors (Lipinski definition) is 0. The highest BCUT2D eigenvalue weighted by atomic mass is 16.5. The molecule has 0 N–H and O–H groups in total. The molecule has 1 fully saturated rings. The lowest BCUT2D eigenvalue weighted by atomic mass is 9.95. The van der Waals surface area contributed by atoms with Gasteiger partial charge in [0.15, 0.2) is 0 Å². The van der Waals surface area contributed by atoms with Crippen LogP contribution in [0, 0.1) is 0 Å². The summed E-state index contributed by atoms with van der Waals surface area (Å²) in [5, 5.41) is 0. The molecule has 2 aromatic rings. The predicted octanol–water partition coefficient (Wildman–Crippen LogP) is 2.82. The maximum absolute atomic E-state index is 13.0. The predicted molar refractivity (Wildman–Crippen MR) is 104 cm³/mol. The lowest BCUT2D eigenvalue weighted by Crippen LogP contribution is -2.42. The molecule has 1 saturated heterocycles. The average Bonchev–Trinajstić information content (AvgIpc) is 3.34. The molecule has 0 bridgehead atoms. The number of rotatable bonds is 7. The Morgan fingerprint density at radius 2 is 1.89 bits per heavy atom. The Bertz CT molecular complexity index is 743. The van der Waals surface area contributed by atoms with Crippen molar-refractivity contribution in [2.45, 2.75) is 58.0 Å². The molecule has 0 unspecified atom stereocenters. The number of imidazole rings is 2. The molecule has 0 radical (unpaired) electrons. The lowest BCUT2D eigenvalue weighted by molar-refractivity contribution is -0.135. The van der Waals surface area contributed by atoms with E-state index in [9.17, 15) is 4.79 Å². The second-order valence-corrected chi connectivity index (χ2v) is 7.59. The quantitative estimate of drug-likeness (QED) is 0.749. The van der Waals surface area contributed by atoms with E-state index in [1.807, 2.05) is 35.0 Å². The van der Waals surface area contributed by atoms with Gasteiger partial charge in [0.2, 0.25) is 5.91 Å². The van der Waals surface area contributed by atoms with Gasteiger partial charge in [0, 0.05) is 63.4 Å². The van der Waals surface area contributed by atoms with Gasteiger partial charge in [-0.15, -0.1) is 0 Å². The molecule has 0 aliphatic carbocycles. The van der Waals surface area contributed by atoms with Gasteiger partial charge in [-0.3, -0.25) is 4.79 Å². The zero-order chi connectivity index (χ0) is 19.4. The van der Waals surface area contributed by atoms with Gasteiger partial charge in [-0.2, -0.15) is 0 Å². The van der Waals surface area contributed by atoms with Crippen molar-refractivity contribution in [3.63, 3.8) is 0 Å². The van der Waals surface area contributed by atoms with Crippen LogP contribution < -0.4 is 0 Å². The van der Waals surface area contributed by atoms with Crippen LogP contribution in [0.3, 0.4) is 0 Å². The van der Waals surface area contributed by atoms with Crippen molar-refractivity contribution in [2.75, 3.05) is 26.8 Å². The van der Waals surface area contributed by atoms with Gasteiger partial charge in [-0.05, 0) is 19.8 Å². The van der Waals surface area contributed by atoms with Gasteiger partial charge in [-0.25, -0.2) is 9.97 Å². The number of aromatic nitrogens is 4. The molecule has 1 aliphatic heterocycles. The molecule has 0 spiro atoms. The van der Waals surface area contributed by atoms with Crippen molar-refractivity contribution < 1.29 is 9.53 Å². The van der Waals surface area contributed by atoms with Crippen molar-refractivity contribution in [2.24, 2.45) is 0 Å². The molecule has 7 heteroatoms. The summed E-state index contributed by atoms with van der Waals surface area (Å²) in [6.07, 6.45) is 9.47. The Balaban J connectivity index is 1.61. The van der Waals surface area contributed by atoms with Gasteiger partial charge in [-0.1, -0.05) is 13.8 Å². The molecular formula is C20H31N5O2. The summed E-state index contributed by atoms with van der Waals surface area (Å²) in [6, 6.07) is -0.217. The molecular weight excluding hydrogens is 342 g/mol. The van der Waals surface area contributed by atoms with Gasteiger partial charge < -0.3 is 18.8 Å². The van der Waals surface area contributed by atoms with Crippen LogP contribution in [0.15, 0.2) is 24.8 Å². The number of nitrogens with zero attached hydrogens (tertiary/aromatic N) is 5. The van der Waals surface area contributed by atoms with Crippen molar-refractivity contribution in [3.05, 3.63) is 36.4 Å². The average molecular weight is 374 g/mol. The topological polar surface area (TPSA) is 65.2 Å². The first-order valence-corrected chi connectivity index (χ1v) is 9.84. The number of carbonyl (C=O) groups is 1. The highest BCUT2D eigenvalue weighted by molar-refractivity contribution is 5.80. The minimum atomic E-state index is -0.217. The summed E-state index contributed by atoms with van der Waals surface area (Å²) in [4.78, 5) is 24.0. The van der Waals surface area contributed by atoms with E-state index >= 15 is 0 Å². The van der Waals surface area contributed by atoms with Crippen LogP contribution in [0.1, 0.15) is 63.1 Å². The summed E-state index contributed by atoms with van der Waals surface area (Å²) < 4.78 is 9.37. The zero-order valence-corrected chi connectivity index (χ0v) is 16.8. The fraction of sp³-hybridized carbons (Fsp3) is 0.650. The standard InChI is InChI=1S/C20H31N5O2/c1-15(2)18-21-8-12-25(18)16(3)20(26)24-9-5-17(6-10-24)19-22-7-11-23(19)13-14-27-4/h7-8,11-12,15-17H,5-6,9-10,13-14H2,1-4H3/t16-/m1/s1. The third-order valence-electron chi connectivity index (χ3n) is 5.45. The molecule has 1 atom stereocenters. The van der Waals surface area contributed by atoms with Crippen molar-refractivity contribution in [1.82, 2.24) is 24.0 Å². The number of carbonyl (C=O) groups excluding carboxylic acids is 1. The molecule has 27 heavy (non-hydrogen) atoms. The molecule has 0 aromatic carbocycles. The van der Waals surface area contributed by atoms with E-state index in [0.717, 1.165) is 44.1 Å². The van der Waals surface area contributed by atoms with Gasteiger partial charge in [0.05, 0.1) is 6.61 Å². The number of hydrogen-bond acceptors (Lipinski definition) is 4. The molecule has 148 valence electrons. The van der Waals surface area contributed by atoms with Gasteiger partial charge >= 0.3 is 0 Å². The maximum Gasteiger partial charge on any atom is 0.245 e. The summed E-state index contributed by atoms with van der Waals surface area (Å²) in [5.74, 6) is 2.95. The Labute approximate surface area is 161 Å². The van der Waals surface area contributed by atoms with Crippen LogP contribution in [-0.2, 0) is 16.1 Å². The number of likely N-dealkylation sites (tertiary alicyclic amines) is 1. The summed E-state index contributed by atoms with van der Waals surface area (Å²) >= 11 is 0. The molecule has 1 amide bonds. The fourth-order valence-corrected chi connectivity index (χ4v) is 3.90. The summed E-state index contributed by atoms with van der Waals surface area (Å²) in [7, 11) is 1.72. The number of ether oxygens (including phenoxy) is 1. The van der Waals surface area contributed by atoms with E-state index in [1.54, 1.807) is 13.3 Å². The minimum absolute atomic E-state index is 0.177. The number of amides is 1. The SMILES string of the molecule is COCCn1ccnc1C1CCN(C(=O)[C@@H](C)n2ccnc2C(C)C)CC1. The number of piperidine rings is 1. The molecule has 3 heterocycles. The first-order valence-electron chi connectivity index (χ1n) is 9.84. The summed E-state index contributed by atoms with van der Waals surface area (Å²) in [5.41, 5.74) is 0. The lowest BCUT2D eigenvalue weighted by Gasteiger charge is -2.34. The largest absolute Gasteiger partial charge is 0.383 e. The maximum atomic E-state index is 13.0. The van der Waals surface area contributed by atoms with Crippen LogP contribution in [0.5, 0.6) is 0 Å². The minimum Gasteiger partial charge on any atom is -0.383 e. The van der Waals surface area contributed by atoms with Crippen LogP contribution in [0.2, 0.25) is 0 Å². The first-order chi connectivity index (χ1) is 13.0. The van der Waals surface area contributed by atoms with E-state index in [0.29, 0.717) is 18.4 Å². The molecule has 3 rings (SSSR count). The normalized spacial score (nSPS) is 16.9. The van der Waals surface area contributed by atoms with Crippen LogP contribution in [0.25, 0.3) is 0 Å².